The predicted molar refractivity (Wildman–Crippen MR) is 130 cm³/mol. The molecule has 1 aromatic carbocycles. The number of hydrogen-bond donors (Lipinski definition) is 1. The van der Waals surface area contributed by atoms with Crippen molar-refractivity contribution in [1.29, 1.82) is 0 Å². The largest absolute Gasteiger partial charge is 0.356 e. The van der Waals surface area contributed by atoms with Crippen molar-refractivity contribution in [3.8, 4) is 0 Å². The molecule has 5 heteroatoms. The number of rotatable bonds is 9. The molecule has 2 unspecified atom stereocenters. The number of carbonyl (C=O) groups excluding carboxylic acids is 2. The third-order valence-electron chi connectivity index (χ3n) is 7.04. The Morgan fingerprint density at radius 2 is 1.97 bits per heavy atom. The second kappa shape index (κ2) is 10.4. The summed E-state index contributed by atoms with van der Waals surface area (Å²) in [4.78, 5) is 27.3. The zero-order valence-corrected chi connectivity index (χ0v) is 20.1. The Labute approximate surface area is 197 Å². The van der Waals surface area contributed by atoms with Crippen LogP contribution in [0.1, 0.15) is 60.0 Å². The fraction of sp³-hybridized carbons (Fsp3) is 0.556. The van der Waals surface area contributed by atoms with Crippen LogP contribution < -0.4 is 5.32 Å². The predicted octanol–water partition coefficient (Wildman–Crippen LogP) is 5.18. The van der Waals surface area contributed by atoms with Crippen LogP contribution >= 0.6 is 11.6 Å². The Morgan fingerprint density at radius 3 is 2.72 bits per heavy atom. The van der Waals surface area contributed by atoms with Crippen molar-refractivity contribution in [3.05, 3.63) is 57.6 Å². The lowest BCUT2D eigenvalue weighted by Gasteiger charge is -2.24. The van der Waals surface area contributed by atoms with Gasteiger partial charge < -0.3 is 10.2 Å². The monoisotopic (exact) mass is 454 g/mol. The van der Waals surface area contributed by atoms with Gasteiger partial charge in [-0.25, -0.2) is 0 Å². The van der Waals surface area contributed by atoms with Gasteiger partial charge in [-0.3, -0.25) is 9.59 Å². The summed E-state index contributed by atoms with van der Waals surface area (Å²) < 4.78 is 0. The molecule has 1 heterocycles. The Kier molecular flexibility index (Phi) is 7.52. The van der Waals surface area contributed by atoms with Gasteiger partial charge in [-0.1, -0.05) is 41.4 Å². The first kappa shape index (κ1) is 23.3. The van der Waals surface area contributed by atoms with Crippen molar-refractivity contribution in [2.45, 2.75) is 52.4 Å². The second-order valence-electron chi connectivity index (χ2n) is 9.90. The highest BCUT2D eigenvalue weighted by Gasteiger charge is 2.31. The number of Topliss-reactive ketones (excluding diaryl/α,β-unsaturated/α-hetero) is 1. The number of nitrogens with one attached hydrogen (secondary N) is 1. The lowest BCUT2D eigenvalue weighted by molar-refractivity contribution is -0.121. The second-order valence-corrected chi connectivity index (χ2v) is 10.3. The third kappa shape index (κ3) is 6.11. The molecule has 1 N–H and O–H groups in total. The normalized spacial score (nSPS) is 23.6. The number of likely N-dealkylation sites (tertiary alicyclic amines) is 1. The van der Waals surface area contributed by atoms with Gasteiger partial charge in [-0.05, 0) is 81.0 Å². The van der Waals surface area contributed by atoms with Crippen molar-refractivity contribution in [2.75, 3.05) is 26.2 Å². The van der Waals surface area contributed by atoms with E-state index in [1.165, 1.54) is 18.4 Å². The van der Waals surface area contributed by atoms with Crippen LogP contribution in [0.2, 0.25) is 0 Å². The molecular formula is C27H35ClN2O2. The Balaban J connectivity index is 1.15. The fourth-order valence-electron chi connectivity index (χ4n) is 4.95. The molecule has 1 amide bonds. The van der Waals surface area contributed by atoms with E-state index < -0.39 is 0 Å². The molecule has 0 aromatic heterocycles. The van der Waals surface area contributed by atoms with Crippen LogP contribution in [0.3, 0.4) is 0 Å². The highest BCUT2D eigenvalue weighted by molar-refractivity contribution is 6.32. The van der Waals surface area contributed by atoms with Crippen LogP contribution in [0.4, 0.5) is 0 Å². The highest BCUT2D eigenvalue weighted by Crippen LogP contribution is 2.43. The minimum atomic E-state index is -0.0261. The molecule has 4 rings (SSSR count). The van der Waals surface area contributed by atoms with Crippen molar-refractivity contribution in [1.82, 2.24) is 10.2 Å². The number of allylic oxidation sites excluding steroid dienone is 3. The van der Waals surface area contributed by atoms with Crippen LogP contribution in [-0.4, -0.2) is 42.8 Å². The first-order chi connectivity index (χ1) is 15.4. The smallest absolute Gasteiger partial charge is 0.220 e. The van der Waals surface area contributed by atoms with Crippen molar-refractivity contribution < 1.29 is 9.59 Å². The number of halogens is 1. The van der Waals surface area contributed by atoms with E-state index in [9.17, 15) is 9.59 Å². The van der Waals surface area contributed by atoms with E-state index in [1.807, 2.05) is 32.0 Å². The van der Waals surface area contributed by atoms with E-state index in [4.69, 9.17) is 11.6 Å². The van der Waals surface area contributed by atoms with E-state index in [1.54, 1.807) is 0 Å². The zero-order chi connectivity index (χ0) is 22.7. The number of aryl methyl sites for hydroxylation is 2. The summed E-state index contributed by atoms with van der Waals surface area (Å²) in [5.74, 6) is 1.72. The Hall–Kier alpha value is -1.91. The molecule has 0 spiro atoms. The molecule has 1 aliphatic heterocycles. The van der Waals surface area contributed by atoms with Gasteiger partial charge >= 0.3 is 0 Å². The maximum atomic E-state index is 12.5. The van der Waals surface area contributed by atoms with Crippen LogP contribution in [0, 0.1) is 31.6 Å². The van der Waals surface area contributed by atoms with Gasteiger partial charge in [-0.15, -0.1) is 0 Å². The van der Waals surface area contributed by atoms with E-state index in [2.05, 4.69) is 22.4 Å². The van der Waals surface area contributed by atoms with Crippen LogP contribution in [-0.2, 0) is 4.79 Å². The molecule has 3 aliphatic rings. The molecule has 172 valence electrons. The number of amides is 1. The molecule has 0 radical (unpaired) electrons. The maximum Gasteiger partial charge on any atom is 0.220 e. The summed E-state index contributed by atoms with van der Waals surface area (Å²) in [6, 6.07) is 5.89. The highest BCUT2D eigenvalue weighted by atomic mass is 35.5. The van der Waals surface area contributed by atoms with Gasteiger partial charge in [0, 0.05) is 43.1 Å². The summed E-state index contributed by atoms with van der Waals surface area (Å²) >= 11 is 6.52. The van der Waals surface area contributed by atoms with E-state index >= 15 is 0 Å². The average molecular weight is 455 g/mol. The van der Waals surface area contributed by atoms with Gasteiger partial charge in [0.25, 0.3) is 0 Å². The van der Waals surface area contributed by atoms with Gasteiger partial charge in [-0.2, -0.15) is 0 Å². The molecule has 1 saturated heterocycles. The molecule has 4 nitrogen and oxygen atoms in total. The lowest BCUT2D eigenvalue weighted by atomic mass is 9.94. The first-order valence-electron chi connectivity index (χ1n) is 12.1. The van der Waals surface area contributed by atoms with Crippen LogP contribution in [0.5, 0.6) is 0 Å². The van der Waals surface area contributed by atoms with E-state index in [0.29, 0.717) is 18.4 Å². The third-order valence-corrected chi connectivity index (χ3v) is 7.38. The number of hydrogen-bond acceptors (Lipinski definition) is 3. The quantitative estimate of drug-likeness (QED) is 0.523. The molecule has 1 aromatic rings. The van der Waals surface area contributed by atoms with Gasteiger partial charge in [0.1, 0.15) is 0 Å². The summed E-state index contributed by atoms with van der Waals surface area (Å²) in [5, 5.41) is 4.03. The number of carbonyl (C=O) groups is 2. The van der Waals surface area contributed by atoms with Gasteiger partial charge in [0.15, 0.2) is 5.78 Å². The summed E-state index contributed by atoms with van der Waals surface area (Å²) in [6.45, 7) is 7.75. The summed E-state index contributed by atoms with van der Waals surface area (Å²) in [7, 11) is 0. The van der Waals surface area contributed by atoms with Crippen molar-refractivity contribution in [3.63, 3.8) is 0 Å². The molecule has 32 heavy (non-hydrogen) atoms. The maximum absolute atomic E-state index is 12.5. The van der Waals surface area contributed by atoms with Gasteiger partial charge in [0.05, 0.1) is 0 Å². The summed E-state index contributed by atoms with van der Waals surface area (Å²) in [6.07, 6.45) is 9.92. The fourth-order valence-corrected chi connectivity index (χ4v) is 5.36. The zero-order valence-electron chi connectivity index (χ0n) is 19.3. The molecule has 2 atom stereocenters. The molecular weight excluding hydrogens is 420 g/mol. The van der Waals surface area contributed by atoms with Crippen molar-refractivity contribution in [2.24, 2.45) is 17.8 Å². The van der Waals surface area contributed by atoms with E-state index in [0.717, 1.165) is 60.1 Å². The number of ketones is 1. The molecule has 0 bridgehead atoms. The minimum absolute atomic E-state index is 0.0261. The van der Waals surface area contributed by atoms with Crippen LogP contribution in [0.25, 0.3) is 0 Å². The SMILES string of the molecule is Cc1ccc(C)c(C(=O)CCC(=O)NCC2CCN(CC3C=C(Cl)C(C4CC4)=CC3)C2)c1. The van der Waals surface area contributed by atoms with Crippen LogP contribution in [0.15, 0.2) is 41.0 Å². The molecule has 2 aliphatic carbocycles. The standard InChI is InChI=1S/C27H35ClN2O2/c1-18-3-4-19(2)24(13-18)26(31)9-10-27(32)29-15-21-11-12-30(17-21)16-20-5-8-23(22-6-7-22)25(28)14-20/h3-4,8,13-14,20-22H,5-7,9-12,15-17H2,1-2H3,(H,29,32). The lowest BCUT2D eigenvalue weighted by Crippen LogP contribution is -2.32. The summed E-state index contributed by atoms with van der Waals surface area (Å²) in [5.41, 5.74) is 4.15. The molecule has 2 fully saturated rings. The Bertz CT molecular complexity index is 932. The average Bonchev–Trinajstić information content (AvgIpc) is 3.51. The molecule has 1 saturated carbocycles. The number of nitrogens with zero attached hydrogens (tertiary/aromatic N) is 1. The van der Waals surface area contributed by atoms with Gasteiger partial charge in [0.2, 0.25) is 5.91 Å². The van der Waals surface area contributed by atoms with E-state index in [-0.39, 0.29) is 24.5 Å². The minimum Gasteiger partial charge on any atom is -0.356 e. The topological polar surface area (TPSA) is 49.4 Å². The van der Waals surface area contributed by atoms with Crippen molar-refractivity contribution >= 4 is 23.3 Å². The Morgan fingerprint density at radius 1 is 1.16 bits per heavy atom. The first-order valence-corrected chi connectivity index (χ1v) is 12.4. The number of benzene rings is 1.